The second kappa shape index (κ2) is 7.63. The largest absolute Gasteiger partial charge is 0.489 e. The van der Waals surface area contributed by atoms with E-state index in [1.807, 2.05) is 24.3 Å². The van der Waals surface area contributed by atoms with Crippen LogP contribution in [0.5, 0.6) is 5.75 Å². The topological polar surface area (TPSA) is 26.3 Å². The summed E-state index contributed by atoms with van der Waals surface area (Å²) in [6.07, 6.45) is 2.44. The number of ketones is 1. The Balaban J connectivity index is 1.73. The molecule has 0 unspecified atom stereocenters. The standard InChI is InChI=1S/C26H26O2/c1-4-20-10-11-22-23(12-13-24(22)27)26(20)25-17(2)14-21(15-18(25)3)28-16-19-8-6-5-7-9-19/h5-11,14-15H,4,12-13,16H2,1-3H3. The highest BCUT2D eigenvalue weighted by Gasteiger charge is 2.25. The zero-order valence-corrected chi connectivity index (χ0v) is 16.8. The average Bonchev–Trinajstić information content (AvgIpc) is 3.08. The van der Waals surface area contributed by atoms with Gasteiger partial charge in [-0.05, 0) is 77.8 Å². The fourth-order valence-electron chi connectivity index (χ4n) is 4.34. The Hall–Kier alpha value is -2.87. The average molecular weight is 370 g/mol. The lowest BCUT2D eigenvalue weighted by molar-refractivity contribution is 0.0994. The van der Waals surface area contributed by atoms with Crippen molar-refractivity contribution in [2.24, 2.45) is 0 Å². The van der Waals surface area contributed by atoms with E-state index in [1.54, 1.807) is 0 Å². The molecule has 2 nitrogen and oxygen atoms in total. The molecule has 4 rings (SSSR count). The van der Waals surface area contributed by atoms with Gasteiger partial charge in [0, 0.05) is 12.0 Å². The molecule has 0 aromatic heterocycles. The highest BCUT2D eigenvalue weighted by molar-refractivity contribution is 6.03. The second-order valence-corrected chi connectivity index (χ2v) is 7.61. The molecule has 1 aliphatic carbocycles. The molecule has 3 aromatic rings. The number of carbonyl (C=O) groups excluding carboxylic acids is 1. The van der Waals surface area contributed by atoms with Crippen molar-refractivity contribution in [3.8, 4) is 16.9 Å². The van der Waals surface area contributed by atoms with Crippen LogP contribution in [0.1, 0.15) is 51.5 Å². The Morgan fingerprint density at radius 3 is 2.29 bits per heavy atom. The summed E-state index contributed by atoms with van der Waals surface area (Å²) in [7, 11) is 0. The lowest BCUT2D eigenvalue weighted by Crippen LogP contribution is -2.02. The molecule has 0 atom stereocenters. The molecule has 0 fully saturated rings. The van der Waals surface area contributed by atoms with Crippen LogP contribution in [0.4, 0.5) is 0 Å². The molecule has 0 N–H and O–H groups in total. The molecule has 3 aromatic carbocycles. The summed E-state index contributed by atoms with van der Waals surface area (Å²) in [6.45, 7) is 7.04. The van der Waals surface area contributed by atoms with Crippen molar-refractivity contribution in [2.45, 2.75) is 46.6 Å². The molecule has 0 saturated carbocycles. The molecule has 0 saturated heterocycles. The van der Waals surface area contributed by atoms with Crippen LogP contribution in [0.25, 0.3) is 11.1 Å². The van der Waals surface area contributed by atoms with E-state index >= 15 is 0 Å². The van der Waals surface area contributed by atoms with Gasteiger partial charge in [0.15, 0.2) is 5.78 Å². The predicted molar refractivity (Wildman–Crippen MR) is 114 cm³/mol. The highest BCUT2D eigenvalue weighted by atomic mass is 16.5. The Morgan fingerprint density at radius 2 is 1.61 bits per heavy atom. The first-order valence-corrected chi connectivity index (χ1v) is 10.0. The molecular formula is C26H26O2. The van der Waals surface area contributed by atoms with Crippen LogP contribution in [0, 0.1) is 13.8 Å². The molecule has 142 valence electrons. The normalized spacial score (nSPS) is 12.9. The van der Waals surface area contributed by atoms with Gasteiger partial charge in [-0.25, -0.2) is 0 Å². The minimum Gasteiger partial charge on any atom is -0.489 e. The van der Waals surface area contributed by atoms with Gasteiger partial charge in [-0.2, -0.15) is 0 Å². The Morgan fingerprint density at radius 1 is 0.893 bits per heavy atom. The summed E-state index contributed by atoms with van der Waals surface area (Å²) in [4.78, 5) is 12.3. The van der Waals surface area contributed by atoms with Crippen molar-refractivity contribution in [3.05, 3.63) is 88.0 Å². The van der Waals surface area contributed by atoms with Crippen LogP contribution in [-0.2, 0) is 19.4 Å². The van der Waals surface area contributed by atoms with Gasteiger partial charge in [-0.15, -0.1) is 0 Å². The summed E-state index contributed by atoms with van der Waals surface area (Å²) >= 11 is 0. The minimum absolute atomic E-state index is 0.275. The summed E-state index contributed by atoms with van der Waals surface area (Å²) < 4.78 is 6.06. The third-order valence-electron chi connectivity index (χ3n) is 5.69. The number of Topliss-reactive ketones (excluding diaryl/α,β-unsaturated/α-hetero) is 1. The molecule has 2 heteroatoms. The van der Waals surface area contributed by atoms with Gasteiger partial charge < -0.3 is 4.74 Å². The van der Waals surface area contributed by atoms with Crippen molar-refractivity contribution in [3.63, 3.8) is 0 Å². The second-order valence-electron chi connectivity index (χ2n) is 7.61. The number of aryl methyl sites for hydroxylation is 3. The number of hydrogen-bond donors (Lipinski definition) is 0. The van der Waals surface area contributed by atoms with Crippen LogP contribution >= 0.6 is 0 Å². The fraction of sp³-hybridized carbons (Fsp3) is 0.269. The van der Waals surface area contributed by atoms with E-state index in [0.29, 0.717) is 13.0 Å². The van der Waals surface area contributed by atoms with Crippen molar-refractivity contribution < 1.29 is 9.53 Å². The molecule has 0 heterocycles. The maximum Gasteiger partial charge on any atom is 0.163 e. The monoisotopic (exact) mass is 370 g/mol. The molecule has 0 amide bonds. The van der Waals surface area contributed by atoms with Gasteiger partial charge in [-0.1, -0.05) is 49.4 Å². The van der Waals surface area contributed by atoms with Crippen molar-refractivity contribution in [1.29, 1.82) is 0 Å². The van der Waals surface area contributed by atoms with E-state index in [1.165, 1.54) is 33.4 Å². The van der Waals surface area contributed by atoms with Crippen molar-refractivity contribution in [1.82, 2.24) is 0 Å². The predicted octanol–water partition coefficient (Wildman–Crippen LogP) is 6.24. The Kier molecular flexibility index (Phi) is 5.04. The fourth-order valence-corrected chi connectivity index (χ4v) is 4.34. The van der Waals surface area contributed by atoms with E-state index in [2.05, 4.69) is 51.1 Å². The SMILES string of the molecule is CCc1ccc2c(c1-c1c(C)cc(OCc3ccccc3)cc1C)CCC2=O. The number of rotatable bonds is 5. The van der Waals surface area contributed by atoms with E-state index in [4.69, 9.17) is 4.74 Å². The number of hydrogen-bond acceptors (Lipinski definition) is 2. The quantitative estimate of drug-likeness (QED) is 0.531. The molecule has 1 aliphatic rings. The zero-order valence-electron chi connectivity index (χ0n) is 16.8. The van der Waals surface area contributed by atoms with Gasteiger partial charge in [0.05, 0.1) is 0 Å². The maximum absolute atomic E-state index is 12.3. The lowest BCUT2D eigenvalue weighted by atomic mass is 9.86. The van der Waals surface area contributed by atoms with Crippen molar-refractivity contribution >= 4 is 5.78 Å². The zero-order chi connectivity index (χ0) is 19.7. The first-order chi connectivity index (χ1) is 13.6. The van der Waals surface area contributed by atoms with Gasteiger partial charge in [0.2, 0.25) is 0 Å². The van der Waals surface area contributed by atoms with Gasteiger partial charge in [0.1, 0.15) is 12.4 Å². The molecule has 28 heavy (non-hydrogen) atoms. The van der Waals surface area contributed by atoms with E-state index in [9.17, 15) is 4.79 Å². The number of fused-ring (bicyclic) bond motifs is 1. The minimum atomic E-state index is 0.275. The van der Waals surface area contributed by atoms with E-state index in [0.717, 1.165) is 29.7 Å². The highest BCUT2D eigenvalue weighted by Crippen LogP contribution is 2.40. The van der Waals surface area contributed by atoms with E-state index in [-0.39, 0.29) is 5.78 Å². The van der Waals surface area contributed by atoms with E-state index < -0.39 is 0 Å². The molecular weight excluding hydrogens is 344 g/mol. The summed E-state index contributed by atoms with van der Waals surface area (Å²) in [6, 6.07) is 18.6. The number of carbonyl (C=O) groups is 1. The Bertz CT molecular complexity index is 1010. The Labute approximate surface area is 167 Å². The molecule has 0 aliphatic heterocycles. The number of ether oxygens (including phenoxy) is 1. The summed E-state index contributed by atoms with van der Waals surface area (Å²) in [5.74, 6) is 1.17. The van der Waals surface area contributed by atoms with Crippen LogP contribution < -0.4 is 4.74 Å². The van der Waals surface area contributed by atoms with Crippen LogP contribution in [0.2, 0.25) is 0 Å². The third-order valence-corrected chi connectivity index (χ3v) is 5.69. The van der Waals surface area contributed by atoms with Gasteiger partial charge in [0.25, 0.3) is 0 Å². The van der Waals surface area contributed by atoms with Crippen molar-refractivity contribution in [2.75, 3.05) is 0 Å². The summed E-state index contributed by atoms with van der Waals surface area (Å²) in [5.41, 5.74) is 9.55. The molecule has 0 radical (unpaired) electrons. The first kappa shape index (κ1) is 18.5. The number of benzene rings is 3. The smallest absolute Gasteiger partial charge is 0.163 e. The maximum atomic E-state index is 12.3. The van der Waals surface area contributed by atoms with Crippen LogP contribution in [0.15, 0.2) is 54.6 Å². The summed E-state index contributed by atoms with van der Waals surface area (Å²) in [5, 5.41) is 0. The van der Waals surface area contributed by atoms with Gasteiger partial charge in [-0.3, -0.25) is 4.79 Å². The van der Waals surface area contributed by atoms with Crippen LogP contribution in [0.3, 0.4) is 0 Å². The first-order valence-electron chi connectivity index (χ1n) is 10.0. The lowest BCUT2D eigenvalue weighted by Gasteiger charge is -2.19. The third kappa shape index (κ3) is 3.35. The molecule has 0 spiro atoms. The van der Waals surface area contributed by atoms with Crippen LogP contribution in [-0.4, -0.2) is 5.78 Å². The van der Waals surface area contributed by atoms with Gasteiger partial charge >= 0.3 is 0 Å². The molecule has 0 bridgehead atoms.